The molecule has 4 heteroatoms. The molecule has 0 aromatic heterocycles. The molecule has 0 saturated heterocycles. The summed E-state index contributed by atoms with van der Waals surface area (Å²) in [5.74, 6) is -0.591. The first-order valence-electron chi connectivity index (χ1n) is 5.26. The minimum Gasteiger partial charge on any atom is -0.489 e. The Morgan fingerprint density at radius 3 is 2.72 bits per heavy atom. The van der Waals surface area contributed by atoms with Crippen molar-refractivity contribution in [2.24, 2.45) is 0 Å². The molecule has 2 aromatic carbocycles. The van der Waals surface area contributed by atoms with Crippen molar-refractivity contribution < 1.29 is 13.5 Å². The zero-order chi connectivity index (χ0) is 13.0. The van der Waals surface area contributed by atoms with Crippen LogP contribution in [0.25, 0.3) is 0 Å². The Kier molecular flexibility index (Phi) is 3.54. The van der Waals surface area contributed by atoms with E-state index in [0.717, 1.165) is 18.2 Å². The number of hydrogen-bond acceptors (Lipinski definition) is 2. The van der Waals surface area contributed by atoms with Crippen LogP contribution in [-0.2, 0) is 6.61 Å². The topological polar surface area (TPSA) is 33.0 Å². The Morgan fingerprint density at radius 1 is 1.11 bits per heavy atom. The lowest BCUT2D eigenvalue weighted by molar-refractivity contribution is 0.299. The van der Waals surface area contributed by atoms with Crippen molar-refractivity contribution in [3.63, 3.8) is 0 Å². The van der Waals surface area contributed by atoms with Crippen molar-refractivity contribution in [3.05, 3.63) is 65.2 Å². The highest BCUT2D eigenvalue weighted by molar-refractivity contribution is 5.36. The van der Waals surface area contributed by atoms with Gasteiger partial charge in [0.25, 0.3) is 0 Å². The Balaban J connectivity index is 2.11. The second kappa shape index (κ2) is 5.28. The molecule has 0 spiro atoms. The average Bonchev–Trinajstić information content (AvgIpc) is 2.40. The van der Waals surface area contributed by atoms with Gasteiger partial charge in [-0.1, -0.05) is 6.07 Å². The van der Waals surface area contributed by atoms with Gasteiger partial charge in [-0.3, -0.25) is 0 Å². The van der Waals surface area contributed by atoms with E-state index in [4.69, 9.17) is 10.00 Å². The summed E-state index contributed by atoms with van der Waals surface area (Å²) in [5.41, 5.74) is 0.588. The molecule has 0 aliphatic carbocycles. The summed E-state index contributed by atoms with van der Waals surface area (Å²) in [5, 5.41) is 8.71. The van der Waals surface area contributed by atoms with Gasteiger partial charge in [-0.2, -0.15) is 5.26 Å². The average molecular weight is 245 g/mol. The van der Waals surface area contributed by atoms with Crippen molar-refractivity contribution in [1.29, 1.82) is 5.26 Å². The van der Waals surface area contributed by atoms with Gasteiger partial charge < -0.3 is 4.74 Å². The van der Waals surface area contributed by atoms with Crippen LogP contribution < -0.4 is 4.74 Å². The summed E-state index contributed by atoms with van der Waals surface area (Å²) in [4.78, 5) is 0. The SMILES string of the molecule is N#Cc1cccc(OCc2cc(F)ccc2F)c1. The lowest BCUT2D eigenvalue weighted by atomic mass is 10.2. The standard InChI is InChI=1S/C14H9F2NO/c15-12-4-5-14(16)11(7-12)9-18-13-3-1-2-10(6-13)8-17/h1-7H,9H2. The van der Waals surface area contributed by atoms with E-state index in [2.05, 4.69) is 0 Å². The van der Waals surface area contributed by atoms with Crippen LogP contribution in [0, 0.1) is 23.0 Å². The van der Waals surface area contributed by atoms with Crippen LogP contribution in [0.15, 0.2) is 42.5 Å². The molecular formula is C14H9F2NO. The third-order valence-corrected chi connectivity index (χ3v) is 2.37. The molecule has 2 rings (SSSR count). The fourth-order valence-electron chi connectivity index (χ4n) is 1.47. The molecule has 2 nitrogen and oxygen atoms in total. The normalized spacial score (nSPS) is 9.83. The van der Waals surface area contributed by atoms with E-state index in [1.165, 1.54) is 6.07 Å². The van der Waals surface area contributed by atoms with Crippen LogP contribution in [-0.4, -0.2) is 0 Å². The van der Waals surface area contributed by atoms with Crippen LogP contribution in [0.2, 0.25) is 0 Å². The first-order chi connectivity index (χ1) is 8.69. The van der Waals surface area contributed by atoms with Gasteiger partial charge in [0.1, 0.15) is 24.0 Å². The molecule has 0 saturated carbocycles. The zero-order valence-electron chi connectivity index (χ0n) is 9.36. The third kappa shape index (κ3) is 2.83. The highest BCUT2D eigenvalue weighted by Crippen LogP contribution is 2.16. The van der Waals surface area contributed by atoms with Gasteiger partial charge in [-0.25, -0.2) is 8.78 Å². The zero-order valence-corrected chi connectivity index (χ0v) is 9.36. The third-order valence-electron chi connectivity index (χ3n) is 2.37. The van der Waals surface area contributed by atoms with Crippen LogP contribution >= 0.6 is 0 Å². The van der Waals surface area contributed by atoms with E-state index in [1.54, 1.807) is 18.2 Å². The Morgan fingerprint density at radius 2 is 1.94 bits per heavy atom. The maximum atomic E-state index is 13.3. The summed E-state index contributed by atoms with van der Waals surface area (Å²) in [6, 6.07) is 11.7. The molecule has 0 amide bonds. The maximum Gasteiger partial charge on any atom is 0.130 e. The lowest BCUT2D eigenvalue weighted by Crippen LogP contribution is -1.99. The molecule has 0 atom stereocenters. The van der Waals surface area contributed by atoms with E-state index >= 15 is 0 Å². The predicted molar refractivity (Wildman–Crippen MR) is 61.8 cm³/mol. The Labute approximate surface area is 103 Å². The number of benzene rings is 2. The van der Waals surface area contributed by atoms with E-state index in [1.807, 2.05) is 6.07 Å². The predicted octanol–water partition coefficient (Wildman–Crippen LogP) is 3.42. The van der Waals surface area contributed by atoms with Crippen LogP contribution in [0.5, 0.6) is 5.75 Å². The van der Waals surface area contributed by atoms with E-state index in [9.17, 15) is 8.78 Å². The fraction of sp³-hybridized carbons (Fsp3) is 0.0714. The van der Waals surface area contributed by atoms with E-state index in [-0.39, 0.29) is 12.2 Å². The first kappa shape index (κ1) is 12.1. The molecular weight excluding hydrogens is 236 g/mol. The van der Waals surface area contributed by atoms with Gasteiger partial charge in [-0.05, 0) is 36.4 Å². The summed E-state index contributed by atoms with van der Waals surface area (Å²) in [6.07, 6.45) is 0. The van der Waals surface area contributed by atoms with Crippen LogP contribution in [0.3, 0.4) is 0 Å². The van der Waals surface area contributed by atoms with Crippen molar-refractivity contribution in [2.45, 2.75) is 6.61 Å². The van der Waals surface area contributed by atoms with Gasteiger partial charge in [-0.15, -0.1) is 0 Å². The quantitative estimate of drug-likeness (QED) is 0.830. The lowest BCUT2D eigenvalue weighted by Gasteiger charge is -2.07. The molecule has 0 heterocycles. The van der Waals surface area contributed by atoms with Gasteiger partial charge in [0.15, 0.2) is 0 Å². The summed E-state index contributed by atoms with van der Waals surface area (Å²) < 4.78 is 31.6. The van der Waals surface area contributed by atoms with Crippen molar-refractivity contribution >= 4 is 0 Å². The molecule has 2 aromatic rings. The van der Waals surface area contributed by atoms with Gasteiger partial charge in [0, 0.05) is 5.56 Å². The number of nitriles is 1. The molecule has 0 N–H and O–H groups in total. The first-order valence-corrected chi connectivity index (χ1v) is 5.26. The van der Waals surface area contributed by atoms with Gasteiger partial charge in [0.05, 0.1) is 11.6 Å². The smallest absolute Gasteiger partial charge is 0.130 e. The minimum absolute atomic E-state index is 0.0848. The van der Waals surface area contributed by atoms with Gasteiger partial charge >= 0.3 is 0 Å². The second-order valence-electron chi connectivity index (χ2n) is 3.66. The summed E-state index contributed by atoms with van der Waals surface area (Å²) in [7, 11) is 0. The maximum absolute atomic E-state index is 13.3. The van der Waals surface area contributed by atoms with Crippen molar-refractivity contribution in [2.75, 3.05) is 0 Å². The van der Waals surface area contributed by atoms with Crippen LogP contribution in [0.4, 0.5) is 8.78 Å². The molecule has 18 heavy (non-hydrogen) atoms. The molecule has 0 aliphatic rings. The number of hydrogen-bond donors (Lipinski definition) is 0. The molecule has 90 valence electrons. The minimum atomic E-state index is -0.521. The van der Waals surface area contributed by atoms with Gasteiger partial charge in [0.2, 0.25) is 0 Å². The highest BCUT2D eigenvalue weighted by atomic mass is 19.1. The molecule has 0 radical (unpaired) electrons. The largest absolute Gasteiger partial charge is 0.489 e. The number of rotatable bonds is 3. The summed E-state index contributed by atoms with van der Waals surface area (Å²) in [6.45, 7) is -0.0848. The summed E-state index contributed by atoms with van der Waals surface area (Å²) >= 11 is 0. The molecule has 0 aliphatic heterocycles. The number of nitrogens with zero attached hydrogens (tertiary/aromatic N) is 1. The van der Waals surface area contributed by atoms with Crippen LogP contribution in [0.1, 0.15) is 11.1 Å². The van der Waals surface area contributed by atoms with E-state index < -0.39 is 11.6 Å². The Bertz CT molecular complexity index is 605. The number of ether oxygens (including phenoxy) is 1. The molecule has 0 unspecified atom stereocenters. The molecule has 0 fully saturated rings. The number of halogens is 2. The second-order valence-corrected chi connectivity index (χ2v) is 3.66. The Hall–Kier alpha value is -2.41. The molecule has 0 bridgehead atoms. The fourth-order valence-corrected chi connectivity index (χ4v) is 1.47. The monoisotopic (exact) mass is 245 g/mol. The van der Waals surface area contributed by atoms with Crippen molar-refractivity contribution in [3.8, 4) is 11.8 Å². The van der Waals surface area contributed by atoms with E-state index in [0.29, 0.717) is 11.3 Å². The highest BCUT2D eigenvalue weighted by Gasteiger charge is 2.05. The van der Waals surface area contributed by atoms with Crippen molar-refractivity contribution in [1.82, 2.24) is 0 Å².